The van der Waals surface area contributed by atoms with Gasteiger partial charge in [0.2, 0.25) is 23.8 Å². The number of rotatable bonds is 5. The lowest BCUT2D eigenvalue weighted by Crippen LogP contribution is -2.33. The van der Waals surface area contributed by atoms with Crippen LogP contribution in [0.2, 0.25) is 0 Å². The summed E-state index contributed by atoms with van der Waals surface area (Å²) in [6.45, 7) is 9.00. The number of nitrogens with one attached hydrogen (secondary N) is 4. The first kappa shape index (κ1) is 16.6. The van der Waals surface area contributed by atoms with Gasteiger partial charge >= 0.3 is 6.03 Å². The maximum Gasteiger partial charge on any atom is 0.328 e. The number of amides is 3. The van der Waals surface area contributed by atoms with Crippen LogP contribution >= 0.6 is 0 Å². The number of anilines is 3. The summed E-state index contributed by atoms with van der Waals surface area (Å²) in [7, 11) is 0. The first-order chi connectivity index (χ1) is 9.76. The lowest BCUT2D eigenvalue weighted by atomic mass is 10.4. The number of carbonyl (C=O) groups excluding carboxylic acids is 2. The Morgan fingerprint density at radius 2 is 1.29 bits per heavy atom. The third kappa shape index (κ3) is 6.50. The second kappa shape index (κ2) is 7.36. The van der Waals surface area contributed by atoms with Crippen LogP contribution in [0, 0.1) is 0 Å². The van der Waals surface area contributed by atoms with E-state index >= 15 is 0 Å². The van der Waals surface area contributed by atoms with E-state index in [9.17, 15) is 9.59 Å². The van der Waals surface area contributed by atoms with Crippen molar-refractivity contribution in [1.82, 2.24) is 20.3 Å². The molecule has 0 saturated heterocycles. The molecule has 0 aliphatic rings. The van der Waals surface area contributed by atoms with E-state index in [0.29, 0.717) is 11.9 Å². The molecular formula is C12H21N7O2. The number of urea groups is 1. The largest absolute Gasteiger partial charge is 0.352 e. The van der Waals surface area contributed by atoms with E-state index in [2.05, 4.69) is 36.2 Å². The number of nitrogens with zero attached hydrogens (tertiary/aromatic N) is 3. The summed E-state index contributed by atoms with van der Waals surface area (Å²) in [5.74, 6) is 0.250. The van der Waals surface area contributed by atoms with E-state index in [-0.39, 0.29) is 18.0 Å². The zero-order valence-electron chi connectivity index (χ0n) is 12.8. The molecule has 9 nitrogen and oxygen atoms in total. The SMILES string of the molecule is CC(=O)NC(=O)Nc1nc(NC(C)C)nc(NC(C)C)n1. The molecule has 1 heterocycles. The fourth-order valence-corrected chi connectivity index (χ4v) is 1.37. The molecule has 1 aromatic rings. The van der Waals surface area contributed by atoms with Gasteiger partial charge < -0.3 is 10.6 Å². The molecule has 0 saturated carbocycles. The zero-order chi connectivity index (χ0) is 16.0. The van der Waals surface area contributed by atoms with Gasteiger partial charge in [-0.1, -0.05) is 0 Å². The van der Waals surface area contributed by atoms with Gasteiger partial charge in [0.05, 0.1) is 0 Å². The van der Waals surface area contributed by atoms with Crippen LogP contribution in [0.4, 0.5) is 22.6 Å². The second-order valence-electron chi connectivity index (χ2n) is 5.04. The summed E-state index contributed by atoms with van der Waals surface area (Å²) in [4.78, 5) is 34.7. The van der Waals surface area contributed by atoms with Crippen LogP contribution in [0.25, 0.3) is 0 Å². The normalized spacial score (nSPS) is 10.4. The molecule has 0 aromatic carbocycles. The van der Waals surface area contributed by atoms with E-state index in [1.807, 2.05) is 27.7 Å². The molecule has 1 rings (SSSR count). The van der Waals surface area contributed by atoms with E-state index < -0.39 is 11.9 Å². The number of hydrogen-bond acceptors (Lipinski definition) is 7. The summed E-state index contributed by atoms with van der Waals surface area (Å²) >= 11 is 0. The van der Waals surface area contributed by atoms with Crippen LogP contribution in [0.1, 0.15) is 34.6 Å². The van der Waals surface area contributed by atoms with Crippen molar-refractivity contribution in [2.45, 2.75) is 46.7 Å². The molecule has 0 fully saturated rings. The predicted molar refractivity (Wildman–Crippen MR) is 80.2 cm³/mol. The van der Waals surface area contributed by atoms with Crippen molar-refractivity contribution in [3.8, 4) is 0 Å². The number of aromatic nitrogens is 3. The Kier molecular flexibility index (Phi) is 5.82. The van der Waals surface area contributed by atoms with Crippen LogP contribution in [-0.4, -0.2) is 39.0 Å². The Labute approximate surface area is 123 Å². The minimum atomic E-state index is -0.695. The lowest BCUT2D eigenvalue weighted by Gasteiger charge is -2.13. The summed E-state index contributed by atoms with van der Waals surface area (Å²) in [5, 5.41) is 10.5. The third-order valence-electron chi connectivity index (χ3n) is 1.99. The highest BCUT2D eigenvalue weighted by molar-refractivity contribution is 5.99. The van der Waals surface area contributed by atoms with Crippen LogP contribution in [0.5, 0.6) is 0 Å². The smallest absolute Gasteiger partial charge is 0.328 e. The molecule has 0 spiro atoms. The van der Waals surface area contributed by atoms with Crippen LogP contribution < -0.4 is 21.3 Å². The average molecular weight is 295 g/mol. The Morgan fingerprint density at radius 1 is 0.857 bits per heavy atom. The minimum absolute atomic E-state index is 0.0510. The van der Waals surface area contributed by atoms with Crippen molar-refractivity contribution < 1.29 is 9.59 Å². The molecule has 0 unspecified atom stereocenters. The fraction of sp³-hybridized carbons (Fsp3) is 0.583. The standard InChI is InChI=1S/C12H21N7O2/c1-6(2)13-9-16-10(14-7(3)4)18-11(17-9)19-12(21)15-8(5)20/h6-7H,1-5H3,(H4,13,14,15,16,17,18,19,20,21). The summed E-state index contributed by atoms with van der Waals surface area (Å²) < 4.78 is 0. The van der Waals surface area contributed by atoms with Gasteiger partial charge in [-0.05, 0) is 27.7 Å². The van der Waals surface area contributed by atoms with Gasteiger partial charge in [-0.2, -0.15) is 15.0 Å². The lowest BCUT2D eigenvalue weighted by molar-refractivity contribution is -0.117. The molecule has 116 valence electrons. The van der Waals surface area contributed by atoms with Crippen molar-refractivity contribution in [1.29, 1.82) is 0 Å². The molecule has 0 aliphatic carbocycles. The van der Waals surface area contributed by atoms with E-state index in [4.69, 9.17) is 0 Å². The van der Waals surface area contributed by atoms with Gasteiger partial charge in [-0.3, -0.25) is 15.4 Å². The quantitative estimate of drug-likeness (QED) is 0.643. The highest BCUT2D eigenvalue weighted by Gasteiger charge is 2.11. The second-order valence-corrected chi connectivity index (χ2v) is 5.04. The van der Waals surface area contributed by atoms with Gasteiger partial charge in [0, 0.05) is 19.0 Å². The molecule has 3 amide bonds. The Morgan fingerprint density at radius 3 is 1.67 bits per heavy atom. The van der Waals surface area contributed by atoms with E-state index in [0.717, 1.165) is 0 Å². The van der Waals surface area contributed by atoms with Crippen molar-refractivity contribution in [3.05, 3.63) is 0 Å². The van der Waals surface area contributed by atoms with Crippen molar-refractivity contribution in [2.75, 3.05) is 16.0 Å². The van der Waals surface area contributed by atoms with Gasteiger partial charge in [0.25, 0.3) is 0 Å². The highest BCUT2D eigenvalue weighted by Crippen LogP contribution is 2.11. The summed E-state index contributed by atoms with van der Waals surface area (Å²) in [6.07, 6.45) is 0. The van der Waals surface area contributed by atoms with Gasteiger partial charge in [-0.15, -0.1) is 0 Å². The Bertz CT molecular complexity index is 488. The van der Waals surface area contributed by atoms with E-state index in [1.165, 1.54) is 6.92 Å². The Hall–Kier alpha value is -2.45. The van der Waals surface area contributed by atoms with Crippen LogP contribution in [0.3, 0.4) is 0 Å². The predicted octanol–water partition coefficient (Wildman–Crippen LogP) is 1.18. The first-order valence-electron chi connectivity index (χ1n) is 6.64. The van der Waals surface area contributed by atoms with Crippen LogP contribution in [0.15, 0.2) is 0 Å². The molecule has 0 atom stereocenters. The minimum Gasteiger partial charge on any atom is -0.352 e. The van der Waals surface area contributed by atoms with Gasteiger partial charge in [-0.25, -0.2) is 4.79 Å². The van der Waals surface area contributed by atoms with Crippen molar-refractivity contribution in [3.63, 3.8) is 0 Å². The zero-order valence-corrected chi connectivity index (χ0v) is 12.8. The highest BCUT2D eigenvalue weighted by atomic mass is 16.2. The molecule has 0 bridgehead atoms. The fourth-order valence-electron chi connectivity index (χ4n) is 1.37. The molecule has 1 aromatic heterocycles. The molecule has 21 heavy (non-hydrogen) atoms. The number of hydrogen-bond donors (Lipinski definition) is 4. The average Bonchev–Trinajstić information content (AvgIpc) is 2.24. The maximum absolute atomic E-state index is 11.5. The Balaban J connectivity index is 2.94. The number of imide groups is 1. The monoisotopic (exact) mass is 295 g/mol. The number of carbonyl (C=O) groups is 2. The maximum atomic E-state index is 11.5. The topological polar surface area (TPSA) is 121 Å². The first-order valence-corrected chi connectivity index (χ1v) is 6.64. The summed E-state index contributed by atoms with van der Waals surface area (Å²) in [5.41, 5.74) is 0. The molecule has 0 radical (unpaired) electrons. The molecule has 9 heteroatoms. The molecular weight excluding hydrogens is 274 g/mol. The third-order valence-corrected chi connectivity index (χ3v) is 1.99. The van der Waals surface area contributed by atoms with E-state index in [1.54, 1.807) is 0 Å². The van der Waals surface area contributed by atoms with Gasteiger partial charge in [0.1, 0.15) is 0 Å². The summed E-state index contributed by atoms with van der Waals surface area (Å²) in [6, 6.07) is -0.448. The van der Waals surface area contributed by atoms with Crippen molar-refractivity contribution >= 4 is 29.8 Å². The molecule has 4 N–H and O–H groups in total. The molecule has 0 aliphatic heterocycles. The van der Waals surface area contributed by atoms with Crippen LogP contribution in [-0.2, 0) is 4.79 Å². The van der Waals surface area contributed by atoms with Gasteiger partial charge in [0.15, 0.2) is 0 Å². The van der Waals surface area contributed by atoms with Crippen molar-refractivity contribution in [2.24, 2.45) is 0 Å².